The van der Waals surface area contributed by atoms with Gasteiger partial charge in [-0.2, -0.15) is 5.10 Å². The highest BCUT2D eigenvalue weighted by molar-refractivity contribution is 7.91. The van der Waals surface area contributed by atoms with Gasteiger partial charge in [0.1, 0.15) is 0 Å². The summed E-state index contributed by atoms with van der Waals surface area (Å²) in [5, 5.41) is 7.85. The van der Waals surface area contributed by atoms with Crippen molar-refractivity contribution >= 4 is 9.84 Å². The minimum Gasteiger partial charge on any atom is -0.310 e. The molecule has 1 aliphatic rings. The molecule has 0 saturated carbocycles. The van der Waals surface area contributed by atoms with Gasteiger partial charge in [0.15, 0.2) is 9.84 Å². The summed E-state index contributed by atoms with van der Waals surface area (Å²) < 4.78 is 25.1. The Hall–Kier alpha value is -0.880. The molecule has 0 aromatic carbocycles. The van der Waals surface area contributed by atoms with E-state index < -0.39 is 9.84 Å². The van der Waals surface area contributed by atoms with Gasteiger partial charge in [-0.25, -0.2) is 8.42 Å². The lowest BCUT2D eigenvalue weighted by Crippen LogP contribution is -2.24. The van der Waals surface area contributed by atoms with Gasteiger partial charge in [0.05, 0.1) is 17.7 Å². The Morgan fingerprint density at radius 3 is 2.85 bits per heavy atom. The predicted octanol–water partition coefficient (Wildman–Crippen LogP) is 1.77. The van der Waals surface area contributed by atoms with E-state index in [2.05, 4.69) is 30.5 Å². The van der Waals surface area contributed by atoms with E-state index in [1.165, 1.54) is 5.56 Å². The zero-order chi connectivity index (χ0) is 14.6. The highest BCUT2D eigenvalue weighted by atomic mass is 32.2. The fraction of sp³-hybridized carbons (Fsp3) is 0.786. The summed E-state index contributed by atoms with van der Waals surface area (Å²) in [4.78, 5) is 0. The van der Waals surface area contributed by atoms with E-state index in [4.69, 9.17) is 0 Å². The quantitative estimate of drug-likeness (QED) is 0.833. The predicted molar refractivity (Wildman–Crippen MR) is 80.3 cm³/mol. The number of nitrogens with one attached hydrogen (secondary N) is 1. The maximum atomic E-state index is 11.6. The number of nitrogens with zero attached hydrogens (tertiary/aromatic N) is 2. The van der Waals surface area contributed by atoms with Gasteiger partial charge >= 0.3 is 0 Å². The maximum Gasteiger partial charge on any atom is 0.150 e. The highest BCUT2D eigenvalue weighted by Crippen LogP contribution is 2.28. The molecule has 1 aromatic heterocycles. The molecule has 1 aromatic rings. The molecule has 0 spiro atoms. The summed E-state index contributed by atoms with van der Waals surface area (Å²) in [7, 11) is -2.79. The fourth-order valence-electron chi connectivity index (χ4n) is 2.78. The van der Waals surface area contributed by atoms with E-state index in [-0.39, 0.29) is 12.0 Å². The molecule has 0 radical (unpaired) electrons. The van der Waals surface area contributed by atoms with Crippen molar-refractivity contribution in [1.29, 1.82) is 0 Å². The van der Waals surface area contributed by atoms with Crippen LogP contribution in [0.15, 0.2) is 12.4 Å². The molecule has 1 N–H and O–H groups in total. The van der Waals surface area contributed by atoms with Crippen molar-refractivity contribution in [1.82, 2.24) is 15.1 Å². The molecule has 5 nitrogen and oxygen atoms in total. The van der Waals surface area contributed by atoms with Gasteiger partial charge < -0.3 is 5.32 Å². The topological polar surface area (TPSA) is 64.0 Å². The van der Waals surface area contributed by atoms with Crippen molar-refractivity contribution in [2.24, 2.45) is 5.92 Å². The number of aromatic nitrogens is 2. The third-order valence-corrected chi connectivity index (χ3v) is 5.75. The minimum atomic E-state index is -2.79. The number of hydrogen-bond acceptors (Lipinski definition) is 4. The molecule has 2 unspecified atom stereocenters. The molecule has 114 valence electrons. The van der Waals surface area contributed by atoms with Crippen molar-refractivity contribution in [3.05, 3.63) is 18.0 Å². The molecule has 1 aliphatic heterocycles. The smallest absolute Gasteiger partial charge is 0.150 e. The Bertz CT molecular complexity index is 524. The average Bonchev–Trinajstić information content (AvgIpc) is 3.01. The van der Waals surface area contributed by atoms with E-state index in [0.29, 0.717) is 11.5 Å². The zero-order valence-corrected chi connectivity index (χ0v) is 13.2. The van der Waals surface area contributed by atoms with Crippen molar-refractivity contribution in [3.63, 3.8) is 0 Å². The second kappa shape index (κ2) is 6.72. The van der Waals surface area contributed by atoms with Gasteiger partial charge in [-0.15, -0.1) is 0 Å². The molecule has 1 fully saturated rings. The van der Waals surface area contributed by atoms with E-state index in [9.17, 15) is 8.42 Å². The van der Waals surface area contributed by atoms with Crippen LogP contribution < -0.4 is 5.32 Å². The lowest BCUT2D eigenvalue weighted by molar-refractivity contribution is 0.414. The van der Waals surface area contributed by atoms with Gasteiger partial charge in [-0.3, -0.25) is 4.68 Å². The Kier molecular flexibility index (Phi) is 5.21. The molecule has 0 amide bonds. The largest absolute Gasteiger partial charge is 0.310 e. The first-order valence-corrected chi connectivity index (χ1v) is 9.32. The Labute approximate surface area is 121 Å². The minimum absolute atomic E-state index is 0.216. The standard InChI is InChI=1S/C14H25N3O2S/c1-3-6-15-14(13-9-16-17(4-2)10-13)8-12-5-7-20(18,19)11-12/h9-10,12,14-15H,3-8,11H2,1-2H3. The first kappa shape index (κ1) is 15.5. The summed E-state index contributed by atoms with van der Waals surface area (Å²) in [5.74, 6) is 0.977. The number of aryl methyl sites for hydroxylation is 1. The van der Waals surface area contributed by atoms with Crippen LogP contribution in [0.3, 0.4) is 0 Å². The van der Waals surface area contributed by atoms with Crippen LogP contribution in [0.25, 0.3) is 0 Å². The van der Waals surface area contributed by atoms with Crippen molar-refractivity contribution in [3.8, 4) is 0 Å². The van der Waals surface area contributed by atoms with Gasteiger partial charge in [0, 0.05) is 24.3 Å². The van der Waals surface area contributed by atoms with Crippen LogP contribution in [0.5, 0.6) is 0 Å². The highest BCUT2D eigenvalue weighted by Gasteiger charge is 2.30. The molecule has 20 heavy (non-hydrogen) atoms. The fourth-order valence-corrected chi connectivity index (χ4v) is 4.66. The van der Waals surface area contributed by atoms with Crippen molar-refractivity contribution < 1.29 is 8.42 Å². The number of rotatable bonds is 7. The maximum absolute atomic E-state index is 11.6. The lowest BCUT2D eigenvalue weighted by Gasteiger charge is -2.20. The monoisotopic (exact) mass is 299 g/mol. The average molecular weight is 299 g/mol. The van der Waals surface area contributed by atoms with E-state index in [1.807, 2.05) is 10.9 Å². The van der Waals surface area contributed by atoms with Crippen LogP contribution in [0.2, 0.25) is 0 Å². The molecule has 0 bridgehead atoms. The van der Waals surface area contributed by atoms with Crippen LogP contribution in [0.4, 0.5) is 0 Å². The van der Waals surface area contributed by atoms with Gasteiger partial charge in [-0.05, 0) is 38.6 Å². The number of sulfone groups is 1. The summed E-state index contributed by atoms with van der Waals surface area (Å²) in [6.45, 7) is 6.01. The van der Waals surface area contributed by atoms with Crippen LogP contribution in [0.1, 0.15) is 44.7 Å². The van der Waals surface area contributed by atoms with Gasteiger partial charge in [0.25, 0.3) is 0 Å². The van der Waals surface area contributed by atoms with E-state index >= 15 is 0 Å². The Morgan fingerprint density at radius 1 is 1.50 bits per heavy atom. The first-order valence-electron chi connectivity index (χ1n) is 7.50. The Morgan fingerprint density at radius 2 is 2.30 bits per heavy atom. The third-order valence-electron chi connectivity index (χ3n) is 3.92. The molecule has 0 aliphatic carbocycles. The van der Waals surface area contributed by atoms with Crippen molar-refractivity contribution in [2.45, 2.75) is 45.7 Å². The first-order chi connectivity index (χ1) is 9.54. The molecular weight excluding hydrogens is 274 g/mol. The molecule has 2 rings (SSSR count). The molecule has 2 atom stereocenters. The lowest BCUT2D eigenvalue weighted by atomic mass is 9.96. The summed E-state index contributed by atoms with van der Waals surface area (Å²) >= 11 is 0. The van der Waals surface area contributed by atoms with E-state index in [1.54, 1.807) is 0 Å². The summed E-state index contributed by atoms with van der Waals surface area (Å²) in [5.41, 5.74) is 1.17. The second-order valence-corrected chi connectivity index (χ2v) is 7.87. The second-order valence-electron chi connectivity index (χ2n) is 5.64. The van der Waals surface area contributed by atoms with Crippen LogP contribution in [0, 0.1) is 5.92 Å². The summed E-state index contributed by atoms with van der Waals surface area (Å²) in [6, 6.07) is 0.216. The van der Waals surface area contributed by atoms with Crippen LogP contribution in [-0.2, 0) is 16.4 Å². The van der Waals surface area contributed by atoms with Crippen LogP contribution in [-0.4, -0.2) is 36.2 Å². The van der Waals surface area contributed by atoms with Gasteiger partial charge in [0.2, 0.25) is 0 Å². The molecular formula is C14H25N3O2S. The molecule has 6 heteroatoms. The number of hydrogen-bond donors (Lipinski definition) is 1. The third kappa shape index (κ3) is 4.06. The van der Waals surface area contributed by atoms with Crippen LogP contribution >= 0.6 is 0 Å². The van der Waals surface area contributed by atoms with Gasteiger partial charge in [-0.1, -0.05) is 6.92 Å². The Balaban J connectivity index is 2.03. The molecule has 2 heterocycles. The normalized spacial score (nSPS) is 23.0. The molecule has 1 saturated heterocycles. The van der Waals surface area contributed by atoms with E-state index in [0.717, 1.165) is 32.4 Å². The SMILES string of the molecule is CCCNC(CC1CCS(=O)(=O)C1)c1cnn(CC)c1. The summed E-state index contributed by atoms with van der Waals surface area (Å²) in [6.07, 6.45) is 6.72. The zero-order valence-electron chi connectivity index (χ0n) is 12.4. The van der Waals surface area contributed by atoms with Crippen molar-refractivity contribution in [2.75, 3.05) is 18.1 Å².